The van der Waals surface area contributed by atoms with E-state index in [2.05, 4.69) is 22.2 Å². The highest BCUT2D eigenvalue weighted by Gasteiger charge is 2.20. The van der Waals surface area contributed by atoms with Crippen molar-refractivity contribution in [1.82, 2.24) is 9.97 Å². The first-order chi connectivity index (χ1) is 8.29. The summed E-state index contributed by atoms with van der Waals surface area (Å²) in [5, 5.41) is 3.44. The summed E-state index contributed by atoms with van der Waals surface area (Å²) in [5.41, 5.74) is 0. The van der Waals surface area contributed by atoms with Crippen LogP contribution in [0, 0.1) is 5.92 Å². The molecule has 2 rings (SSSR count). The molecular formula is C13H21N3O. The Bertz CT molecular complexity index is 339. The second-order valence-electron chi connectivity index (χ2n) is 4.81. The molecule has 1 aromatic rings. The fraction of sp³-hybridized carbons (Fsp3) is 0.692. The van der Waals surface area contributed by atoms with Crippen LogP contribution >= 0.6 is 0 Å². The fourth-order valence-corrected chi connectivity index (χ4v) is 2.37. The molecule has 1 aliphatic rings. The van der Waals surface area contributed by atoms with Gasteiger partial charge in [0, 0.05) is 6.04 Å². The molecule has 1 heterocycles. The number of anilines is 1. The van der Waals surface area contributed by atoms with Gasteiger partial charge < -0.3 is 10.1 Å². The van der Waals surface area contributed by atoms with E-state index in [-0.39, 0.29) is 0 Å². The topological polar surface area (TPSA) is 47.0 Å². The number of hydrogen-bond donors (Lipinski definition) is 1. The molecule has 0 bridgehead atoms. The number of nitrogens with one attached hydrogen (secondary N) is 1. The van der Waals surface area contributed by atoms with Crippen LogP contribution in [0.4, 0.5) is 5.95 Å². The standard InChI is InChI=1S/C13H21N3O/c1-10-6-4-3-5-7-12(10)16-13-14-8-11(17-2)9-15-13/h8-10,12H,3-7H2,1-2H3,(H,14,15,16). The first-order valence-corrected chi connectivity index (χ1v) is 6.42. The third-order valence-corrected chi connectivity index (χ3v) is 3.54. The van der Waals surface area contributed by atoms with Gasteiger partial charge in [0.05, 0.1) is 19.5 Å². The lowest BCUT2D eigenvalue weighted by molar-refractivity contribution is 0.410. The largest absolute Gasteiger partial charge is 0.494 e. The van der Waals surface area contributed by atoms with Crippen LogP contribution in [-0.2, 0) is 0 Å². The van der Waals surface area contributed by atoms with Crippen LogP contribution < -0.4 is 10.1 Å². The molecule has 0 aliphatic heterocycles. The minimum absolute atomic E-state index is 0.505. The molecule has 1 aromatic heterocycles. The van der Waals surface area contributed by atoms with Crippen molar-refractivity contribution in [2.45, 2.75) is 45.1 Å². The number of aromatic nitrogens is 2. The third kappa shape index (κ3) is 3.32. The molecule has 4 nitrogen and oxygen atoms in total. The number of hydrogen-bond acceptors (Lipinski definition) is 4. The molecule has 1 N–H and O–H groups in total. The summed E-state index contributed by atoms with van der Waals surface area (Å²) >= 11 is 0. The molecule has 0 saturated heterocycles. The average molecular weight is 235 g/mol. The fourth-order valence-electron chi connectivity index (χ4n) is 2.37. The Kier molecular flexibility index (Phi) is 4.18. The minimum Gasteiger partial charge on any atom is -0.494 e. The zero-order valence-electron chi connectivity index (χ0n) is 10.6. The summed E-state index contributed by atoms with van der Waals surface area (Å²) in [6.07, 6.45) is 9.94. The predicted octanol–water partition coefficient (Wildman–Crippen LogP) is 2.87. The number of nitrogens with zero attached hydrogens (tertiary/aromatic N) is 2. The maximum absolute atomic E-state index is 5.05. The van der Waals surface area contributed by atoms with Gasteiger partial charge >= 0.3 is 0 Å². The Labute approximate surface area is 103 Å². The number of methoxy groups -OCH3 is 1. The Balaban J connectivity index is 1.98. The van der Waals surface area contributed by atoms with Gasteiger partial charge in [-0.1, -0.05) is 26.2 Å². The van der Waals surface area contributed by atoms with Gasteiger partial charge in [-0.25, -0.2) is 9.97 Å². The molecule has 2 unspecified atom stereocenters. The van der Waals surface area contributed by atoms with Crippen LogP contribution in [0.2, 0.25) is 0 Å². The second-order valence-corrected chi connectivity index (χ2v) is 4.81. The highest BCUT2D eigenvalue weighted by atomic mass is 16.5. The van der Waals surface area contributed by atoms with Crippen molar-refractivity contribution in [1.29, 1.82) is 0 Å². The zero-order chi connectivity index (χ0) is 12.1. The molecule has 1 saturated carbocycles. The van der Waals surface area contributed by atoms with E-state index in [1.807, 2.05) is 0 Å². The molecule has 17 heavy (non-hydrogen) atoms. The van der Waals surface area contributed by atoms with Crippen molar-refractivity contribution in [2.24, 2.45) is 5.92 Å². The summed E-state index contributed by atoms with van der Waals surface area (Å²) in [4.78, 5) is 8.52. The van der Waals surface area contributed by atoms with E-state index >= 15 is 0 Å². The summed E-state index contributed by atoms with van der Waals surface area (Å²) in [6.45, 7) is 2.31. The molecule has 4 heteroatoms. The van der Waals surface area contributed by atoms with Crippen molar-refractivity contribution in [2.75, 3.05) is 12.4 Å². The quantitative estimate of drug-likeness (QED) is 0.818. The molecule has 0 aromatic carbocycles. The molecule has 2 atom stereocenters. The Hall–Kier alpha value is -1.32. The van der Waals surface area contributed by atoms with E-state index in [9.17, 15) is 0 Å². The van der Waals surface area contributed by atoms with Gasteiger partial charge in [-0.05, 0) is 18.8 Å². The van der Waals surface area contributed by atoms with Gasteiger partial charge in [-0.15, -0.1) is 0 Å². The maximum Gasteiger partial charge on any atom is 0.223 e. The Morgan fingerprint density at radius 2 is 1.88 bits per heavy atom. The highest BCUT2D eigenvalue weighted by molar-refractivity contribution is 5.28. The summed E-state index contributed by atoms with van der Waals surface area (Å²) in [6, 6.07) is 0.505. The van der Waals surface area contributed by atoms with Gasteiger partial charge in [-0.3, -0.25) is 0 Å². The lowest BCUT2D eigenvalue weighted by Crippen LogP contribution is -2.27. The van der Waals surface area contributed by atoms with E-state index in [0.29, 0.717) is 23.7 Å². The van der Waals surface area contributed by atoms with Crippen molar-refractivity contribution < 1.29 is 4.74 Å². The van der Waals surface area contributed by atoms with Crippen molar-refractivity contribution in [3.8, 4) is 5.75 Å². The predicted molar refractivity (Wildman–Crippen MR) is 68.2 cm³/mol. The molecular weight excluding hydrogens is 214 g/mol. The lowest BCUT2D eigenvalue weighted by Gasteiger charge is -2.22. The second kappa shape index (κ2) is 5.84. The SMILES string of the molecule is COc1cnc(NC2CCCCCC2C)nc1. The van der Waals surface area contributed by atoms with E-state index in [0.717, 1.165) is 0 Å². The van der Waals surface area contributed by atoms with Gasteiger partial charge in [0.1, 0.15) is 0 Å². The monoisotopic (exact) mass is 235 g/mol. The van der Waals surface area contributed by atoms with Crippen LogP contribution in [0.5, 0.6) is 5.75 Å². The molecule has 94 valence electrons. The van der Waals surface area contributed by atoms with Crippen molar-refractivity contribution in [3.63, 3.8) is 0 Å². The number of ether oxygens (including phenoxy) is 1. The lowest BCUT2D eigenvalue weighted by atomic mass is 9.97. The zero-order valence-corrected chi connectivity index (χ0v) is 10.6. The maximum atomic E-state index is 5.05. The van der Waals surface area contributed by atoms with E-state index in [4.69, 9.17) is 4.74 Å². The van der Waals surface area contributed by atoms with Crippen LogP contribution in [0.15, 0.2) is 12.4 Å². The smallest absolute Gasteiger partial charge is 0.223 e. The molecule has 0 spiro atoms. The van der Waals surface area contributed by atoms with Gasteiger partial charge in [-0.2, -0.15) is 0 Å². The van der Waals surface area contributed by atoms with E-state index in [1.165, 1.54) is 32.1 Å². The van der Waals surface area contributed by atoms with E-state index < -0.39 is 0 Å². The highest BCUT2D eigenvalue weighted by Crippen LogP contribution is 2.25. The molecule has 1 fully saturated rings. The third-order valence-electron chi connectivity index (χ3n) is 3.54. The summed E-state index contributed by atoms with van der Waals surface area (Å²) < 4.78 is 5.05. The molecule has 0 radical (unpaired) electrons. The first-order valence-electron chi connectivity index (χ1n) is 6.42. The minimum atomic E-state index is 0.505. The Morgan fingerprint density at radius 3 is 2.59 bits per heavy atom. The van der Waals surface area contributed by atoms with E-state index in [1.54, 1.807) is 19.5 Å². The van der Waals surface area contributed by atoms with Crippen LogP contribution in [0.1, 0.15) is 39.0 Å². The van der Waals surface area contributed by atoms with Crippen LogP contribution in [0.3, 0.4) is 0 Å². The van der Waals surface area contributed by atoms with Gasteiger partial charge in [0.25, 0.3) is 0 Å². The van der Waals surface area contributed by atoms with Crippen molar-refractivity contribution >= 4 is 5.95 Å². The van der Waals surface area contributed by atoms with Crippen molar-refractivity contribution in [3.05, 3.63) is 12.4 Å². The van der Waals surface area contributed by atoms with Gasteiger partial charge in [0.2, 0.25) is 5.95 Å². The molecule has 1 aliphatic carbocycles. The van der Waals surface area contributed by atoms with Crippen LogP contribution in [0.25, 0.3) is 0 Å². The van der Waals surface area contributed by atoms with Crippen LogP contribution in [-0.4, -0.2) is 23.1 Å². The summed E-state index contributed by atoms with van der Waals surface area (Å²) in [7, 11) is 1.62. The Morgan fingerprint density at radius 1 is 1.18 bits per heavy atom. The normalized spacial score (nSPS) is 25.1. The average Bonchev–Trinajstić information content (AvgIpc) is 2.56. The van der Waals surface area contributed by atoms with Gasteiger partial charge in [0.15, 0.2) is 5.75 Å². The molecule has 0 amide bonds. The number of rotatable bonds is 3. The summed E-state index contributed by atoms with van der Waals surface area (Å²) in [5.74, 6) is 2.11. The first kappa shape index (κ1) is 12.1.